The molecular weight excluding hydrogens is 228 g/mol. The fourth-order valence-corrected chi connectivity index (χ4v) is 3.18. The summed E-state index contributed by atoms with van der Waals surface area (Å²) in [5.74, 6) is -0.745. The molecule has 0 aromatic heterocycles. The summed E-state index contributed by atoms with van der Waals surface area (Å²) in [5.41, 5.74) is 0. The number of hydrogen-bond acceptors (Lipinski definition) is 3. The van der Waals surface area contributed by atoms with Crippen LogP contribution in [0.4, 0.5) is 0 Å². The number of rotatable bonds is 6. The lowest BCUT2D eigenvalue weighted by molar-refractivity contribution is -0.143. The Morgan fingerprint density at radius 3 is 2.38 bits per heavy atom. The zero-order chi connectivity index (χ0) is 12.2. The van der Waals surface area contributed by atoms with E-state index in [9.17, 15) is 13.2 Å². The van der Waals surface area contributed by atoms with Gasteiger partial charge in [0.2, 0.25) is 0 Å². The smallest absolute Gasteiger partial charge is 0.306 e. The third-order valence-electron chi connectivity index (χ3n) is 3.32. The van der Waals surface area contributed by atoms with Gasteiger partial charge in [-0.3, -0.25) is 4.79 Å². The van der Waals surface area contributed by atoms with Gasteiger partial charge in [-0.25, -0.2) is 8.42 Å². The first-order chi connectivity index (χ1) is 7.40. The maximum absolute atomic E-state index is 11.1. The van der Waals surface area contributed by atoms with Crippen LogP contribution in [0.5, 0.6) is 0 Å². The number of aliphatic carboxylic acids is 1. The Hall–Kier alpha value is -0.580. The van der Waals surface area contributed by atoms with Crippen molar-refractivity contribution in [1.82, 2.24) is 0 Å². The molecule has 0 amide bonds. The van der Waals surface area contributed by atoms with Crippen LogP contribution in [0.2, 0.25) is 0 Å². The van der Waals surface area contributed by atoms with Crippen LogP contribution in [-0.2, 0) is 14.6 Å². The highest BCUT2D eigenvalue weighted by Gasteiger charge is 2.30. The molecule has 94 valence electrons. The summed E-state index contributed by atoms with van der Waals surface area (Å²) in [4.78, 5) is 11.1. The van der Waals surface area contributed by atoms with Crippen molar-refractivity contribution >= 4 is 15.8 Å². The number of carbonyl (C=O) groups is 1. The highest BCUT2D eigenvalue weighted by Crippen LogP contribution is 2.33. The second-order valence-corrected chi connectivity index (χ2v) is 7.02. The maximum atomic E-state index is 11.1. The van der Waals surface area contributed by atoms with E-state index < -0.39 is 15.8 Å². The Bertz CT molecular complexity index is 328. The SMILES string of the molecule is CS(=O)(=O)CCCC(C(=O)O)C1CCCC1. The van der Waals surface area contributed by atoms with Gasteiger partial charge >= 0.3 is 5.97 Å². The van der Waals surface area contributed by atoms with Gasteiger partial charge in [-0.2, -0.15) is 0 Å². The van der Waals surface area contributed by atoms with E-state index in [-0.39, 0.29) is 17.6 Å². The molecule has 1 atom stereocenters. The molecule has 1 saturated carbocycles. The maximum Gasteiger partial charge on any atom is 0.306 e. The molecule has 0 heterocycles. The number of carboxylic acid groups (broad SMARTS) is 1. The lowest BCUT2D eigenvalue weighted by Gasteiger charge is -2.18. The van der Waals surface area contributed by atoms with E-state index in [0.717, 1.165) is 25.7 Å². The first-order valence-corrected chi connectivity index (χ1v) is 7.87. The monoisotopic (exact) mass is 248 g/mol. The minimum Gasteiger partial charge on any atom is -0.481 e. The fourth-order valence-electron chi connectivity index (χ4n) is 2.49. The van der Waals surface area contributed by atoms with Gasteiger partial charge in [0.25, 0.3) is 0 Å². The molecule has 1 N–H and O–H groups in total. The Kier molecular flexibility index (Phi) is 4.77. The van der Waals surface area contributed by atoms with Crippen LogP contribution in [0.25, 0.3) is 0 Å². The molecule has 1 rings (SSSR count). The van der Waals surface area contributed by atoms with E-state index >= 15 is 0 Å². The molecule has 0 aliphatic heterocycles. The van der Waals surface area contributed by atoms with E-state index in [1.165, 1.54) is 6.26 Å². The van der Waals surface area contributed by atoms with Crippen molar-refractivity contribution in [2.45, 2.75) is 38.5 Å². The Morgan fingerprint density at radius 1 is 1.38 bits per heavy atom. The fraction of sp³-hybridized carbons (Fsp3) is 0.909. The average Bonchev–Trinajstić information content (AvgIpc) is 2.62. The molecule has 0 spiro atoms. The van der Waals surface area contributed by atoms with Crippen molar-refractivity contribution in [2.24, 2.45) is 11.8 Å². The highest BCUT2D eigenvalue weighted by atomic mass is 32.2. The summed E-state index contributed by atoms with van der Waals surface area (Å²) in [6.45, 7) is 0. The number of hydrogen-bond donors (Lipinski definition) is 1. The van der Waals surface area contributed by atoms with Gasteiger partial charge in [0, 0.05) is 12.0 Å². The highest BCUT2D eigenvalue weighted by molar-refractivity contribution is 7.90. The normalized spacial score (nSPS) is 19.8. The molecule has 1 unspecified atom stereocenters. The topological polar surface area (TPSA) is 71.4 Å². The van der Waals surface area contributed by atoms with Gasteiger partial charge in [0.15, 0.2) is 0 Å². The van der Waals surface area contributed by atoms with Crippen LogP contribution >= 0.6 is 0 Å². The molecule has 0 aromatic rings. The summed E-state index contributed by atoms with van der Waals surface area (Å²) < 4.78 is 21.9. The van der Waals surface area contributed by atoms with Crippen molar-refractivity contribution < 1.29 is 18.3 Å². The zero-order valence-electron chi connectivity index (χ0n) is 9.68. The third kappa shape index (κ3) is 4.51. The van der Waals surface area contributed by atoms with Crippen LogP contribution in [0, 0.1) is 11.8 Å². The van der Waals surface area contributed by atoms with Gasteiger partial charge in [-0.1, -0.05) is 12.8 Å². The Balaban J connectivity index is 2.42. The van der Waals surface area contributed by atoms with Crippen LogP contribution in [0.3, 0.4) is 0 Å². The van der Waals surface area contributed by atoms with Gasteiger partial charge in [-0.05, 0) is 31.6 Å². The van der Waals surface area contributed by atoms with Gasteiger partial charge in [0.1, 0.15) is 9.84 Å². The van der Waals surface area contributed by atoms with Gasteiger partial charge in [0.05, 0.1) is 5.92 Å². The molecule has 1 fully saturated rings. The molecule has 1 aliphatic rings. The largest absolute Gasteiger partial charge is 0.481 e. The molecule has 1 aliphatic carbocycles. The van der Waals surface area contributed by atoms with E-state index in [2.05, 4.69) is 0 Å². The van der Waals surface area contributed by atoms with Crippen LogP contribution in [-0.4, -0.2) is 31.5 Å². The third-order valence-corrected chi connectivity index (χ3v) is 4.35. The van der Waals surface area contributed by atoms with Crippen molar-refractivity contribution in [1.29, 1.82) is 0 Å². The summed E-state index contributed by atoms with van der Waals surface area (Å²) in [6, 6.07) is 0. The summed E-state index contributed by atoms with van der Waals surface area (Å²) in [6.07, 6.45) is 6.34. The van der Waals surface area contributed by atoms with Crippen molar-refractivity contribution in [3.05, 3.63) is 0 Å². The quantitative estimate of drug-likeness (QED) is 0.776. The minimum absolute atomic E-state index is 0.101. The van der Waals surface area contributed by atoms with Crippen molar-refractivity contribution in [3.8, 4) is 0 Å². The van der Waals surface area contributed by atoms with E-state index in [0.29, 0.717) is 12.8 Å². The minimum atomic E-state index is -2.96. The predicted molar refractivity (Wildman–Crippen MR) is 62.0 cm³/mol. The molecule has 0 radical (unpaired) electrons. The first kappa shape index (κ1) is 13.5. The summed E-state index contributed by atoms with van der Waals surface area (Å²) in [7, 11) is -2.96. The van der Waals surface area contributed by atoms with Crippen LogP contribution < -0.4 is 0 Å². The second-order valence-electron chi connectivity index (χ2n) is 4.76. The van der Waals surface area contributed by atoms with E-state index in [4.69, 9.17) is 5.11 Å². The summed E-state index contributed by atoms with van der Waals surface area (Å²) >= 11 is 0. The van der Waals surface area contributed by atoms with Gasteiger partial charge in [-0.15, -0.1) is 0 Å². The molecule has 4 nitrogen and oxygen atoms in total. The number of sulfone groups is 1. The van der Waals surface area contributed by atoms with Crippen molar-refractivity contribution in [2.75, 3.05) is 12.0 Å². The zero-order valence-corrected chi connectivity index (χ0v) is 10.5. The molecule has 16 heavy (non-hydrogen) atoms. The average molecular weight is 248 g/mol. The van der Waals surface area contributed by atoms with Crippen molar-refractivity contribution in [3.63, 3.8) is 0 Å². The standard InChI is InChI=1S/C11H20O4S/c1-16(14,15)8-4-7-10(11(12)13)9-5-2-3-6-9/h9-10H,2-8H2,1H3,(H,12,13). The van der Waals surface area contributed by atoms with Gasteiger partial charge < -0.3 is 5.11 Å². The van der Waals surface area contributed by atoms with Crippen LogP contribution in [0.1, 0.15) is 38.5 Å². The molecule has 5 heteroatoms. The Labute approximate surface area is 97.0 Å². The molecule has 0 aromatic carbocycles. The molecule has 0 saturated heterocycles. The molecule has 0 bridgehead atoms. The predicted octanol–water partition coefficient (Wildman–Crippen LogP) is 1.70. The van der Waals surface area contributed by atoms with Crippen LogP contribution in [0.15, 0.2) is 0 Å². The lowest BCUT2D eigenvalue weighted by Crippen LogP contribution is -2.22. The second kappa shape index (κ2) is 5.66. The first-order valence-electron chi connectivity index (χ1n) is 5.80. The number of carboxylic acids is 1. The Morgan fingerprint density at radius 2 is 1.94 bits per heavy atom. The molecular formula is C11H20O4S. The van der Waals surface area contributed by atoms with E-state index in [1.807, 2.05) is 0 Å². The lowest BCUT2D eigenvalue weighted by atomic mass is 9.87. The van der Waals surface area contributed by atoms with E-state index in [1.54, 1.807) is 0 Å². The summed E-state index contributed by atoms with van der Waals surface area (Å²) in [5, 5.41) is 9.11.